The maximum Gasteiger partial charge on any atom is 0.337 e. The first-order valence-electron chi connectivity index (χ1n) is 6.21. The van der Waals surface area contributed by atoms with Crippen LogP contribution in [-0.4, -0.2) is 35.1 Å². The molecule has 9 nitrogen and oxygen atoms in total. The van der Waals surface area contributed by atoms with Gasteiger partial charge in [-0.05, 0) is 42.5 Å². The minimum absolute atomic E-state index is 0.0255. The zero-order valence-electron chi connectivity index (χ0n) is 12.1. The molecule has 24 heavy (non-hydrogen) atoms. The van der Waals surface area contributed by atoms with Crippen LogP contribution in [0.2, 0.25) is 0 Å². The van der Waals surface area contributed by atoms with Crippen molar-refractivity contribution in [1.82, 2.24) is 0 Å². The highest BCUT2D eigenvalue weighted by atomic mass is 32.2. The second kappa shape index (κ2) is 7.44. The van der Waals surface area contributed by atoms with Crippen LogP contribution in [0.5, 0.6) is 0 Å². The summed E-state index contributed by atoms with van der Waals surface area (Å²) >= 11 is 0. The Morgan fingerprint density at radius 2 is 1.42 bits per heavy atom. The zero-order chi connectivity index (χ0) is 18.5. The molecule has 2 rings (SSSR count). The van der Waals surface area contributed by atoms with E-state index < -0.39 is 22.1 Å². The maximum atomic E-state index is 10.5. The number of carboxylic acids is 2. The van der Waals surface area contributed by atoms with Crippen molar-refractivity contribution >= 4 is 33.4 Å². The molecule has 0 aliphatic carbocycles. The number of aromatic carboxylic acids is 2. The zero-order valence-corrected chi connectivity index (χ0v) is 12.9. The van der Waals surface area contributed by atoms with Crippen molar-refractivity contribution in [3.8, 4) is 0 Å². The van der Waals surface area contributed by atoms with Crippen LogP contribution in [0.1, 0.15) is 20.7 Å². The van der Waals surface area contributed by atoms with Crippen LogP contribution in [0.15, 0.2) is 47.4 Å². The van der Waals surface area contributed by atoms with E-state index in [0.717, 1.165) is 6.07 Å². The average Bonchev–Trinajstić information content (AvgIpc) is 2.46. The van der Waals surface area contributed by atoms with E-state index in [1.165, 1.54) is 36.4 Å². The number of benzene rings is 2. The molecule has 10 heteroatoms. The molecule has 2 aromatic carbocycles. The lowest BCUT2D eigenvalue weighted by Gasteiger charge is -2.00. The Balaban J connectivity index is 0.000000243. The van der Waals surface area contributed by atoms with Crippen LogP contribution in [0.4, 0.5) is 11.4 Å². The van der Waals surface area contributed by atoms with E-state index in [1.54, 1.807) is 0 Å². The van der Waals surface area contributed by atoms with Gasteiger partial charge in [0.05, 0.1) is 16.0 Å². The Hall–Kier alpha value is -3.11. The third kappa shape index (κ3) is 5.26. The summed E-state index contributed by atoms with van der Waals surface area (Å²) in [6.45, 7) is 0. The fraction of sp³-hybridized carbons (Fsp3) is 0. The van der Waals surface area contributed by atoms with E-state index in [9.17, 15) is 18.0 Å². The van der Waals surface area contributed by atoms with E-state index in [1.807, 2.05) is 0 Å². The fourth-order valence-corrected chi connectivity index (χ4v) is 2.01. The molecule has 0 aliphatic heterocycles. The molecule has 0 radical (unpaired) electrons. The number of nitrogens with two attached hydrogens (primary N) is 2. The topological polar surface area (TPSA) is 181 Å². The van der Waals surface area contributed by atoms with Gasteiger partial charge in [-0.1, -0.05) is 0 Å². The van der Waals surface area contributed by atoms with Gasteiger partial charge in [-0.15, -0.1) is 0 Å². The molecule has 7 N–H and O–H groups in total. The van der Waals surface area contributed by atoms with Crippen molar-refractivity contribution in [3.63, 3.8) is 0 Å². The van der Waals surface area contributed by atoms with Crippen LogP contribution in [0.25, 0.3) is 0 Å². The first-order chi connectivity index (χ1) is 11.0. The average molecular weight is 354 g/mol. The van der Waals surface area contributed by atoms with E-state index in [2.05, 4.69) is 0 Å². The molecule has 2 aromatic rings. The van der Waals surface area contributed by atoms with Crippen molar-refractivity contribution in [2.45, 2.75) is 4.90 Å². The standard InChI is InChI=1S/C8H7NO4.C6H7NO3S/c9-6-3-4(7(10)11)1-2-5(6)8(12)13;7-5-1-3-6(4-2-5)11(8,9)10/h1-3H,9H2,(H,10,11)(H,12,13);1-4H,7H2,(H,8,9,10). The second-order valence-corrected chi connectivity index (χ2v) is 5.88. The lowest BCUT2D eigenvalue weighted by molar-refractivity contribution is 0.0682. The maximum absolute atomic E-state index is 10.5. The first kappa shape index (κ1) is 18.9. The van der Waals surface area contributed by atoms with E-state index in [-0.39, 0.29) is 21.7 Å². The number of hydrogen-bond donors (Lipinski definition) is 5. The minimum atomic E-state index is -4.08. The third-order valence-electron chi connectivity index (χ3n) is 2.71. The molecule has 0 saturated heterocycles. The summed E-state index contributed by atoms with van der Waals surface area (Å²) in [5.41, 5.74) is 10.9. The molecule has 0 aliphatic rings. The van der Waals surface area contributed by atoms with Crippen LogP contribution in [-0.2, 0) is 10.1 Å². The smallest absolute Gasteiger partial charge is 0.337 e. The lowest BCUT2D eigenvalue weighted by atomic mass is 10.1. The normalized spacial score (nSPS) is 10.4. The SMILES string of the molecule is Nc1cc(C(=O)O)ccc1C(=O)O.Nc1ccc(S(=O)(=O)O)cc1. The van der Waals surface area contributed by atoms with Gasteiger partial charge in [0.1, 0.15) is 0 Å². The van der Waals surface area contributed by atoms with Crippen LogP contribution in [0.3, 0.4) is 0 Å². The van der Waals surface area contributed by atoms with E-state index in [4.69, 9.17) is 26.2 Å². The Morgan fingerprint density at radius 1 is 0.875 bits per heavy atom. The van der Waals surface area contributed by atoms with Crippen LogP contribution >= 0.6 is 0 Å². The minimum Gasteiger partial charge on any atom is -0.478 e. The summed E-state index contributed by atoms with van der Waals surface area (Å²) in [7, 11) is -4.08. The van der Waals surface area contributed by atoms with Crippen molar-refractivity contribution in [2.24, 2.45) is 0 Å². The van der Waals surface area contributed by atoms with Crippen molar-refractivity contribution < 1.29 is 32.8 Å². The highest BCUT2D eigenvalue weighted by Gasteiger charge is 2.10. The quantitative estimate of drug-likeness (QED) is 0.399. The molecule has 0 amide bonds. The third-order valence-corrected chi connectivity index (χ3v) is 3.57. The van der Waals surface area contributed by atoms with Crippen molar-refractivity contribution in [2.75, 3.05) is 11.5 Å². The summed E-state index contributed by atoms with van der Waals surface area (Å²) in [6.07, 6.45) is 0. The molecule has 0 atom stereocenters. The van der Waals surface area contributed by atoms with Gasteiger partial charge >= 0.3 is 11.9 Å². The summed E-state index contributed by atoms with van der Waals surface area (Å²) in [6, 6.07) is 8.77. The number of anilines is 2. The molecular formula is C14H14N2O7S. The molecule has 0 fully saturated rings. The Bertz CT molecular complexity index is 861. The number of rotatable bonds is 3. The first-order valence-corrected chi connectivity index (χ1v) is 7.65. The Kier molecular flexibility index (Phi) is 5.87. The molecule has 0 unspecified atom stereocenters. The van der Waals surface area contributed by atoms with Gasteiger partial charge in [0.15, 0.2) is 0 Å². The van der Waals surface area contributed by atoms with Gasteiger partial charge < -0.3 is 21.7 Å². The highest BCUT2D eigenvalue weighted by molar-refractivity contribution is 7.85. The summed E-state index contributed by atoms with van der Waals surface area (Å²) < 4.78 is 29.4. The molecule has 0 bridgehead atoms. The van der Waals surface area contributed by atoms with Gasteiger partial charge in [0, 0.05) is 11.4 Å². The van der Waals surface area contributed by atoms with Crippen LogP contribution < -0.4 is 11.5 Å². The highest BCUT2D eigenvalue weighted by Crippen LogP contribution is 2.14. The second-order valence-electron chi connectivity index (χ2n) is 4.46. The fourth-order valence-electron chi connectivity index (χ4n) is 1.53. The van der Waals surface area contributed by atoms with Gasteiger partial charge in [0.25, 0.3) is 10.1 Å². The number of nitrogen functional groups attached to an aromatic ring is 2. The summed E-state index contributed by atoms with van der Waals surface area (Å²) in [4.78, 5) is 20.8. The van der Waals surface area contributed by atoms with E-state index >= 15 is 0 Å². The van der Waals surface area contributed by atoms with Gasteiger partial charge in [-0.3, -0.25) is 4.55 Å². The Morgan fingerprint density at radius 3 is 1.79 bits per heavy atom. The number of carboxylic acid groups (broad SMARTS) is 2. The number of hydrogen-bond acceptors (Lipinski definition) is 6. The van der Waals surface area contributed by atoms with E-state index in [0.29, 0.717) is 5.69 Å². The van der Waals surface area contributed by atoms with Crippen molar-refractivity contribution in [3.05, 3.63) is 53.6 Å². The van der Waals surface area contributed by atoms with Gasteiger partial charge in [-0.2, -0.15) is 8.42 Å². The molecular weight excluding hydrogens is 340 g/mol. The largest absolute Gasteiger partial charge is 0.478 e. The van der Waals surface area contributed by atoms with Crippen molar-refractivity contribution in [1.29, 1.82) is 0 Å². The predicted molar refractivity (Wildman–Crippen MR) is 85.4 cm³/mol. The number of carbonyl (C=O) groups is 2. The Labute approximate surface area is 136 Å². The lowest BCUT2D eigenvalue weighted by Crippen LogP contribution is -2.05. The summed E-state index contributed by atoms with van der Waals surface area (Å²) in [5.74, 6) is -2.31. The molecule has 0 aromatic heterocycles. The molecule has 0 saturated carbocycles. The van der Waals surface area contributed by atoms with Gasteiger partial charge in [-0.25, -0.2) is 9.59 Å². The molecule has 128 valence electrons. The predicted octanol–water partition coefficient (Wildman–Crippen LogP) is 1.18. The van der Waals surface area contributed by atoms with Gasteiger partial charge in [0.2, 0.25) is 0 Å². The summed E-state index contributed by atoms with van der Waals surface area (Å²) in [5, 5.41) is 17.1. The molecule has 0 spiro atoms. The van der Waals surface area contributed by atoms with Crippen LogP contribution in [0, 0.1) is 0 Å². The molecule has 0 heterocycles. The monoisotopic (exact) mass is 354 g/mol.